The molecule has 148 valence electrons. The molecule has 27 heavy (non-hydrogen) atoms. The highest BCUT2D eigenvalue weighted by molar-refractivity contribution is 7.90. The molecule has 3 rings (SSSR count). The van der Waals surface area contributed by atoms with Crippen molar-refractivity contribution in [1.29, 1.82) is 0 Å². The minimum atomic E-state index is -4.47. The summed E-state index contributed by atoms with van der Waals surface area (Å²) in [5.74, 6) is 0. The first-order valence-corrected chi connectivity index (χ1v) is 10.5. The van der Waals surface area contributed by atoms with Gasteiger partial charge in [-0.25, -0.2) is 13.1 Å². The molecule has 2 heterocycles. The van der Waals surface area contributed by atoms with Crippen molar-refractivity contribution >= 4 is 21.4 Å². The van der Waals surface area contributed by atoms with Crippen molar-refractivity contribution in [3.05, 3.63) is 57.3 Å². The number of rotatable bonds is 5. The summed E-state index contributed by atoms with van der Waals surface area (Å²) in [4.78, 5) is 7.33. The van der Waals surface area contributed by atoms with E-state index >= 15 is 0 Å². The van der Waals surface area contributed by atoms with E-state index in [1.54, 1.807) is 7.05 Å². The Labute approximate surface area is 159 Å². The van der Waals surface area contributed by atoms with E-state index < -0.39 is 33.1 Å². The first kappa shape index (κ1) is 20.3. The third-order valence-corrected chi connectivity index (χ3v) is 7.18. The van der Waals surface area contributed by atoms with Gasteiger partial charge in [-0.05, 0) is 30.7 Å². The maximum atomic E-state index is 12.8. The molecule has 0 saturated carbocycles. The van der Waals surface area contributed by atoms with Crippen LogP contribution in [-0.4, -0.2) is 32.4 Å². The lowest BCUT2D eigenvalue weighted by atomic mass is 10.1. The molecule has 1 aromatic heterocycles. The number of hydroxylamine groups is 2. The summed E-state index contributed by atoms with van der Waals surface area (Å²) in [7, 11) is -2.15. The van der Waals surface area contributed by atoms with E-state index in [2.05, 4.69) is 4.72 Å². The molecule has 10 heteroatoms. The maximum absolute atomic E-state index is 12.8. The standard InChI is InChI=1S/C17H19F3N2O3S2/c1-11-6-7-14(26-11)16-15(10-25-22(16)2)27(23,24)21-9-12-4-3-5-13(8-12)17(18,19)20/h3-8,15-16,21H,9-10H2,1-2H3. The Hall–Kier alpha value is -1.46. The van der Waals surface area contributed by atoms with Crippen LogP contribution in [0.1, 0.15) is 26.9 Å². The molecule has 5 nitrogen and oxygen atoms in total. The van der Waals surface area contributed by atoms with E-state index in [9.17, 15) is 21.6 Å². The Balaban J connectivity index is 1.76. The lowest BCUT2D eigenvalue weighted by Gasteiger charge is -2.21. The van der Waals surface area contributed by atoms with E-state index in [0.29, 0.717) is 0 Å². The second-order valence-electron chi connectivity index (χ2n) is 6.34. The summed E-state index contributed by atoms with van der Waals surface area (Å²) in [6.07, 6.45) is -4.47. The van der Waals surface area contributed by atoms with Gasteiger partial charge in [0.05, 0.1) is 18.2 Å². The lowest BCUT2D eigenvalue weighted by molar-refractivity contribution is -0.137. The molecule has 1 fully saturated rings. The summed E-state index contributed by atoms with van der Waals surface area (Å²) in [6, 6.07) is 7.91. The molecule has 1 aromatic carbocycles. The average Bonchev–Trinajstić information content (AvgIpc) is 3.18. The first-order chi connectivity index (χ1) is 12.6. The number of benzene rings is 1. The quantitative estimate of drug-likeness (QED) is 0.805. The normalized spacial score (nSPS) is 21.7. The minimum Gasteiger partial charge on any atom is -0.297 e. The number of thiophene rings is 1. The minimum absolute atomic E-state index is 0.0178. The number of hydrogen-bond donors (Lipinski definition) is 1. The number of alkyl halides is 3. The van der Waals surface area contributed by atoms with Gasteiger partial charge in [-0.1, -0.05) is 18.2 Å². The van der Waals surface area contributed by atoms with E-state index in [4.69, 9.17) is 4.84 Å². The van der Waals surface area contributed by atoms with E-state index in [-0.39, 0.29) is 18.7 Å². The molecule has 0 amide bonds. The van der Waals surface area contributed by atoms with Crippen LogP contribution in [0.3, 0.4) is 0 Å². The smallest absolute Gasteiger partial charge is 0.297 e. The number of nitrogens with zero attached hydrogens (tertiary/aromatic N) is 1. The van der Waals surface area contributed by atoms with Crippen molar-refractivity contribution in [1.82, 2.24) is 9.79 Å². The molecule has 1 saturated heterocycles. The van der Waals surface area contributed by atoms with Crippen LogP contribution in [0.2, 0.25) is 0 Å². The Morgan fingerprint density at radius 3 is 2.67 bits per heavy atom. The molecule has 2 atom stereocenters. The zero-order valence-corrected chi connectivity index (χ0v) is 16.3. The van der Waals surface area contributed by atoms with Crippen LogP contribution in [-0.2, 0) is 27.6 Å². The number of nitrogens with one attached hydrogen (secondary N) is 1. The highest BCUT2D eigenvalue weighted by atomic mass is 32.2. The average molecular weight is 420 g/mol. The van der Waals surface area contributed by atoms with E-state index in [1.165, 1.54) is 28.5 Å². The summed E-state index contributed by atoms with van der Waals surface area (Å²) in [6.45, 7) is 1.69. The molecule has 2 aromatic rings. The van der Waals surface area contributed by atoms with Gasteiger partial charge in [0.2, 0.25) is 10.0 Å². The van der Waals surface area contributed by atoms with Crippen LogP contribution >= 0.6 is 11.3 Å². The predicted octanol–water partition coefficient (Wildman–Crippen LogP) is 3.48. The van der Waals surface area contributed by atoms with Crippen LogP contribution < -0.4 is 4.72 Å². The number of sulfonamides is 1. The van der Waals surface area contributed by atoms with Gasteiger partial charge < -0.3 is 0 Å². The third kappa shape index (κ3) is 4.52. The van der Waals surface area contributed by atoms with Crippen molar-refractivity contribution in [2.45, 2.75) is 30.9 Å². The molecule has 0 radical (unpaired) electrons. The van der Waals surface area contributed by atoms with Gasteiger partial charge in [-0.2, -0.15) is 18.2 Å². The molecule has 1 N–H and O–H groups in total. The van der Waals surface area contributed by atoms with Crippen molar-refractivity contribution in [3.8, 4) is 0 Å². The van der Waals surface area contributed by atoms with Gasteiger partial charge in [0.25, 0.3) is 0 Å². The zero-order valence-electron chi connectivity index (χ0n) is 14.7. The SMILES string of the molecule is Cc1ccc(C2C(S(=O)(=O)NCc3cccc(C(F)(F)F)c3)CON2C)s1. The van der Waals surface area contributed by atoms with Gasteiger partial charge in [-0.3, -0.25) is 4.84 Å². The zero-order chi connectivity index (χ0) is 19.8. The van der Waals surface area contributed by atoms with Gasteiger partial charge >= 0.3 is 6.18 Å². The fraction of sp³-hybridized carbons (Fsp3) is 0.412. The van der Waals surface area contributed by atoms with Gasteiger partial charge in [0.1, 0.15) is 5.25 Å². The van der Waals surface area contributed by atoms with Crippen molar-refractivity contribution in [2.24, 2.45) is 0 Å². The Bertz CT molecular complexity index is 912. The molecular formula is C17H19F3N2O3S2. The third-order valence-electron chi connectivity index (χ3n) is 4.37. The molecule has 2 unspecified atom stereocenters. The second-order valence-corrected chi connectivity index (χ2v) is 9.64. The van der Waals surface area contributed by atoms with Crippen molar-refractivity contribution < 1.29 is 26.4 Å². The number of aryl methyl sites for hydroxylation is 1. The summed E-state index contributed by atoms with van der Waals surface area (Å²) >= 11 is 1.49. The highest BCUT2D eigenvalue weighted by Crippen LogP contribution is 2.37. The predicted molar refractivity (Wildman–Crippen MR) is 96.5 cm³/mol. The van der Waals surface area contributed by atoms with Crippen LogP contribution in [0.5, 0.6) is 0 Å². The van der Waals surface area contributed by atoms with Crippen LogP contribution in [0, 0.1) is 6.92 Å². The largest absolute Gasteiger partial charge is 0.416 e. The topological polar surface area (TPSA) is 58.6 Å². The van der Waals surface area contributed by atoms with E-state index in [1.807, 2.05) is 19.1 Å². The highest BCUT2D eigenvalue weighted by Gasteiger charge is 2.43. The van der Waals surface area contributed by atoms with Crippen molar-refractivity contribution in [2.75, 3.05) is 13.7 Å². The second kappa shape index (κ2) is 7.51. The van der Waals surface area contributed by atoms with E-state index in [0.717, 1.165) is 21.9 Å². The van der Waals surface area contributed by atoms with Gasteiger partial charge in [0, 0.05) is 23.3 Å². The van der Waals surface area contributed by atoms with Gasteiger partial charge in [-0.15, -0.1) is 11.3 Å². The summed E-state index contributed by atoms with van der Waals surface area (Å²) < 4.78 is 66.4. The Kier molecular flexibility index (Phi) is 5.64. The van der Waals surface area contributed by atoms with Crippen LogP contribution in [0.15, 0.2) is 36.4 Å². The molecule has 0 spiro atoms. The first-order valence-electron chi connectivity index (χ1n) is 8.14. The van der Waals surface area contributed by atoms with Crippen LogP contribution in [0.4, 0.5) is 13.2 Å². The number of hydrogen-bond acceptors (Lipinski definition) is 5. The molecular weight excluding hydrogens is 401 g/mol. The van der Waals surface area contributed by atoms with Gasteiger partial charge in [0.15, 0.2) is 0 Å². The monoisotopic (exact) mass is 420 g/mol. The Morgan fingerprint density at radius 1 is 1.30 bits per heavy atom. The Morgan fingerprint density at radius 2 is 2.04 bits per heavy atom. The molecule has 0 bridgehead atoms. The molecule has 1 aliphatic heterocycles. The lowest BCUT2D eigenvalue weighted by Crippen LogP contribution is -2.38. The fourth-order valence-electron chi connectivity index (χ4n) is 2.98. The maximum Gasteiger partial charge on any atom is 0.416 e. The van der Waals surface area contributed by atoms with Crippen molar-refractivity contribution in [3.63, 3.8) is 0 Å². The fourth-order valence-corrected chi connectivity index (χ4v) is 5.62. The molecule has 0 aliphatic carbocycles. The summed E-state index contributed by atoms with van der Waals surface area (Å²) in [5.41, 5.74) is -0.570. The molecule has 1 aliphatic rings. The number of halogens is 3. The summed E-state index contributed by atoms with van der Waals surface area (Å²) in [5, 5.41) is 0.658. The van der Waals surface area contributed by atoms with Crippen LogP contribution in [0.25, 0.3) is 0 Å².